The van der Waals surface area contributed by atoms with Gasteiger partial charge in [-0.2, -0.15) is 4.98 Å². The molecule has 1 saturated carbocycles. The van der Waals surface area contributed by atoms with Crippen molar-refractivity contribution >= 4 is 0 Å². The van der Waals surface area contributed by atoms with Gasteiger partial charge in [0, 0.05) is 18.2 Å². The van der Waals surface area contributed by atoms with Gasteiger partial charge in [0.25, 0.3) is 0 Å². The van der Waals surface area contributed by atoms with Gasteiger partial charge in [-0.05, 0) is 31.4 Å². The normalized spacial score (nSPS) is 14.9. The number of aliphatic hydroxyl groups excluding tert-OH is 1. The Labute approximate surface area is 122 Å². The zero-order valence-electron chi connectivity index (χ0n) is 11.9. The van der Waals surface area contributed by atoms with Gasteiger partial charge in [0.05, 0.1) is 13.2 Å². The average molecular weight is 291 g/mol. The Balaban J connectivity index is 1.74. The fourth-order valence-electron chi connectivity index (χ4n) is 2.30. The van der Waals surface area contributed by atoms with Crippen molar-refractivity contribution in [2.75, 3.05) is 13.2 Å². The van der Waals surface area contributed by atoms with Gasteiger partial charge < -0.3 is 9.63 Å². The largest absolute Gasteiger partial charge is 0.395 e. The first kappa shape index (κ1) is 14.2. The monoisotopic (exact) mass is 291 g/mol. The third-order valence-corrected chi connectivity index (χ3v) is 3.69. The second-order valence-electron chi connectivity index (χ2n) is 5.40. The molecule has 0 aliphatic heterocycles. The zero-order chi connectivity index (χ0) is 14.8. The maximum atomic E-state index is 13.6. The molecule has 112 valence electrons. The maximum Gasteiger partial charge on any atom is 0.241 e. The molecular formula is C15H18FN3O2. The number of nitrogens with zero attached hydrogens (tertiary/aromatic N) is 3. The summed E-state index contributed by atoms with van der Waals surface area (Å²) in [4.78, 5) is 6.45. The van der Waals surface area contributed by atoms with E-state index in [1.165, 1.54) is 6.07 Å². The molecule has 0 amide bonds. The standard InChI is InChI=1S/C15H18FN3O2/c1-10-2-3-11(8-13(10)16)15-17-14(21-18-15)9-19(6-7-20)12-4-5-12/h2-3,8,12,20H,4-7,9H2,1H3. The third-order valence-electron chi connectivity index (χ3n) is 3.69. The van der Waals surface area contributed by atoms with Crippen LogP contribution in [0.5, 0.6) is 0 Å². The van der Waals surface area contributed by atoms with Crippen LogP contribution in [0, 0.1) is 12.7 Å². The number of aliphatic hydroxyl groups is 1. The van der Waals surface area contributed by atoms with Gasteiger partial charge in [-0.15, -0.1) is 0 Å². The SMILES string of the molecule is Cc1ccc(-c2noc(CN(CCO)C3CC3)n2)cc1F. The summed E-state index contributed by atoms with van der Waals surface area (Å²) >= 11 is 0. The Morgan fingerprint density at radius 1 is 1.43 bits per heavy atom. The molecule has 0 atom stereocenters. The van der Waals surface area contributed by atoms with Crippen LogP contribution in [0.25, 0.3) is 11.4 Å². The topological polar surface area (TPSA) is 62.4 Å². The van der Waals surface area contributed by atoms with Crippen LogP contribution in [0.15, 0.2) is 22.7 Å². The zero-order valence-corrected chi connectivity index (χ0v) is 11.9. The lowest BCUT2D eigenvalue weighted by molar-refractivity contribution is 0.167. The van der Waals surface area contributed by atoms with Crippen molar-refractivity contribution in [2.45, 2.75) is 32.4 Å². The summed E-state index contributed by atoms with van der Waals surface area (Å²) in [7, 11) is 0. The van der Waals surface area contributed by atoms with E-state index < -0.39 is 0 Å². The van der Waals surface area contributed by atoms with Crippen LogP contribution in [-0.4, -0.2) is 39.3 Å². The van der Waals surface area contributed by atoms with Gasteiger partial charge in [0.1, 0.15) is 5.82 Å². The molecule has 1 fully saturated rings. The molecule has 1 heterocycles. The number of aromatic nitrogens is 2. The Kier molecular flexibility index (Phi) is 3.98. The molecule has 0 unspecified atom stereocenters. The number of hydrogen-bond acceptors (Lipinski definition) is 5. The smallest absolute Gasteiger partial charge is 0.241 e. The van der Waals surface area contributed by atoms with E-state index in [2.05, 4.69) is 15.0 Å². The number of halogens is 1. The van der Waals surface area contributed by atoms with Crippen molar-refractivity contribution in [1.82, 2.24) is 15.0 Å². The molecule has 1 aliphatic rings. The molecule has 0 bridgehead atoms. The second kappa shape index (κ2) is 5.91. The maximum absolute atomic E-state index is 13.6. The van der Waals surface area contributed by atoms with Crippen molar-refractivity contribution in [2.24, 2.45) is 0 Å². The Morgan fingerprint density at radius 3 is 2.90 bits per heavy atom. The number of rotatable bonds is 6. The van der Waals surface area contributed by atoms with Crippen molar-refractivity contribution in [3.63, 3.8) is 0 Å². The van der Waals surface area contributed by atoms with Gasteiger partial charge in [0.2, 0.25) is 11.7 Å². The van der Waals surface area contributed by atoms with E-state index in [0.717, 1.165) is 12.8 Å². The van der Waals surface area contributed by atoms with E-state index in [9.17, 15) is 4.39 Å². The van der Waals surface area contributed by atoms with Crippen LogP contribution >= 0.6 is 0 Å². The average Bonchev–Trinajstić information content (AvgIpc) is 3.21. The molecule has 0 radical (unpaired) electrons. The summed E-state index contributed by atoms with van der Waals surface area (Å²) in [5.74, 6) is 0.605. The van der Waals surface area contributed by atoms with Crippen molar-refractivity contribution in [1.29, 1.82) is 0 Å². The lowest BCUT2D eigenvalue weighted by Crippen LogP contribution is -2.28. The molecule has 1 aromatic heterocycles. The van der Waals surface area contributed by atoms with Crippen LogP contribution in [0.1, 0.15) is 24.3 Å². The fourth-order valence-corrected chi connectivity index (χ4v) is 2.30. The van der Waals surface area contributed by atoms with E-state index in [1.807, 2.05) is 0 Å². The molecule has 0 spiro atoms. The Bertz CT molecular complexity index is 625. The van der Waals surface area contributed by atoms with E-state index in [1.54, 1.807) is 19.1 Å². The van der Waals surface area contributed by atoms with Crippen LogP contribution in [0.4, 0.5) is 4.39 Å². The van der Waals surface area contributed by atoms with Gasteiger partial charge in [-0.1, -0.05) is 17.3 Å². The molecule has 5 nitrogen and oxygen atoms in total. The minimum Gasteiger partial charge on any atom is -0.395 e. The number of benzene rings is 1. The first-order chi connectivity index (χ1) is 10.2. The third kappa shape index (κ3) is 3.28. The van der Waals surface area contributed by atoms with Crippen LogP contribution in [0.2, 0.25) is 0 Å². The molecule has 0 saturated heterocycles. The molecule has 1 N–H and O–H groups in total. The lowest BCUT2D eigenvalue weighted by atomic mass is 10.1. The minimum absolute atomic E-state index is 0.112. The van der Waals surface area contributed by atoms with Crippen LogP contribution < -0.4 is 0 Å². The quantitative estimate of drug-likeness (QED) is 0.883. The minimum atomic E-state index is -0.279. The van der Waals surface area contributed by atoms with Gasteiger partial charge in [0.15, 0.2) is 0 Å². The molecule has 3 rings (SSSR count). The summed E-state index contributed by atoms with van der Waals surface area (Å²) < 4.78 is 18.8. The molecular weight excluding hydrogens is 273 g/mol. The highest BCUT2D eigenvalue weighted by molar-refractivity contribution is 5.54. The first-order valence-corrected chi connectivity index (χ1v) is 7.11. The number of aryl methyl sites for hydroxylation is 1. The fraction of sp³-hybridized carbons (Fsp3) is 0.467. The molecule has 1 aromatic carbocycles. The second-order valence-corrected chi connectivity index (χ2v) is 5.40. The molecule has 6 heteroatoms. The van der Waals surface area contributed by atoms with Crippen LogP contribution in [0.3, 0.4) is 0 Å². The van der Waals surface area contributed by atoms with Gasteiger partial charge >= 0.3 is 0 Å². The summed E-state index contributed by atoms with van der Waals surface area (Å²) in [6, 6.07) is 5.39. The van der Waals surface area contributed by atoms with Crippen molar-refractivity contribution < 1.29 is 14.0 Å². The van der Waals surface area contributed by atoms with Crippen molar-refractivity contribution in [3.05, 3.63) is 35.5 Å². The number of hydrogen-bond donors (Lipinski definition) is 1. The Hall–Kier alpha value is -1.79. The van der Waals surface area contributed by atoms with E-state index in [-0.39, 0.29) is 12.4 Å². The predicted molar refractivity (Wildman–Crippen MR) is 74.9 cm³/mol. The summed E-state index contributed by atoms with van der Waals surface area (Å²) in [6.07, 6.45) is 2.29. The highest BCUT2D eigenvalue weighted by atomic mass is 19.1. The highest BCUT2D eigenvalue weighted by Crippen LogP contribution is 2.28. The van der Waals surface area contributed by atoms with Gasteiger partial charge in [-0.25, -0.2) is 4.39 Å². The highest BCUT2D eigenvalue weighted by Gasteiger charge is 2.29. The van der Waals surface area contributed by atoms with Crippen LogP contribution in [-0.2, 0) is 6.54 Å². The summed E-state index contributed by atoms with van der Waals surface area (Å²) in [5, 5.41) is 13.0. The molecule has 1 aliphatic carbocycles. The van der Waals surface area contributed by atoms with E-state index in [4.69, 9.17) is 9.63 Å². The van der Waals surface area contributed by atoms with E-state index in [0.29, 0.717) is 42.0 Å². The Morgan fingerprint density at radius 2 is 2.24 bits per heavy atom. The molecule has 2 aromatic rings. The summed E-state index contributed by atoms with van der Waals surface area (Å²) in [5.41, 5.74) is 1.19. The lowest BCUT2D eigenvalue weighted by Gasteiger charge is -2.17. The first-order valence-electron chi connectivity index (χ1n) is 7.11. The van der Waals surface area contributed by atoms with E-state index >= 15 is 0 Å². The van der Waals surface area contributed by atoms with Gasteiger partial charge in [-0.3, -0.25) is 4.90 Å². The predicted octanol–water partition coefficient (Wildman–Crippen LogP) is 2.14. The van der Waals surface area contributed by atoms with Crippen molar-refractivity contribution in [3.8, 4) is 11.4 Å². The summed E-state index contributed by atoms with van der Waals surface area (Å²) in [6.45, 7) is 2.94. The molecule has 21 heavy (non-hydrogen) atoms.